The van der Waals surface area contributed by atoms with Crippen molar-refractivity contribution in [2.45, 2.75) is 12.5 Å². The number of amides is 1. The molecule has 0 radical (unpaired) electrons. The summed E-state index contributed by atoms with van der Waals surface area (Å²) in [5, 5.41) is 11.5. The number of benzene rings is 2. The van der Waals surface area contributed by atoms with E-state index in [1.54, 1.807) is 0 Å². The Morgan fingerprint density at radius 1 is 1.05 bits per heavy atom. The van der Waals surface area contributed by atoms with Crippen LogP contribution in [-0.4, -0.2) is 23.0 Å². The second-order valence-electron chi connectivity index (χ2n) is 4.78. The van der Waals surface area contributed by atoms with E-state index in [1.165, 1.54) is 24.3 Å². The number of carboxylic acids is 1. The highest BCUT2D eigenvalue weighted by molar-refractivity contribution is 5.95. The summed E-state index contributed by atoms with van der Waals surface area (Å²) in [6, 6.07) is 14.9. The van der Waals surface area contributed by atoms with Gasteiger partial charge in [0.15, 0.2) is 0 Å². The summed E-state index contributed by atoms with van der Waals surface area (Å²) in [7, 11) is 0. The van der Waals surface area contributed by atoms with Crippen molar-refractivity contribution < 1.29 is 14.7 Å². The number of carbonyl (C=O) groups excluding carboxylic acids is 1. The summed E-state index contributed by atoms with van der Waals surface area (Å²) < 4.78 is 0. The Kier molecular flexibility index (Phi) is 5.24. The SMILES string of the molecule is NNC(Cc1ccccc1)C(=O)Nc1ccc(C(=O)O)cc1. The number of anilines is 1. The summed E-state index contributed by atoms with van der Waals surface area (Å²) in [6.07, 6.45) is 0.455. The molecule has 2 rings (SSSR count). The number of nitrogens with one attached hydrogen (secondary N) is 2. The molecule has 6 nitrogen and oxygen atoms in total. The van der Waals surface area contributed by atoms with Gasteiger partial charge in [0.25, 0.3) is 0 Å². The maximum absolute atomic E-state index is 12.2. The molecule has 0 aliphatic rings. The van der Waals surface area contributed by atoms with Gasteiger partial charge in [-0.15, -0.1) is 0 Å². The van der Waals surface area contributed by atoms with Crippen molar-refractivity contribution in [1.29, 1.82) is 0 Å². The van der Waals surface area contributed by atoms with Gasteiger partial charge in [-0.2, -0.15) is 0 Å². The molecule has 0 saturated heterocycles. The van der Waals surface area contributed by atoms with Gasteiger partial charge in [-0.1, -0.05) is 30.3 Å². The molecule has 114 valence electrons. The Labute approximate surface area is 127 Å². The van der Waals surface area contributed by atoms with Crippen LogP contribution >= 0.6 is 0 Å². The number of nitrogens with two attached hydrogens (primary N) is 1. The normalized spacial score (nSPS) is 11.7. The van der Waals surface area contributed by atoms with Gasteiger partial charge >= 0.3 is 5.97 Å². The molecule has 0 aliphatic carbocycles. The van der Waals surface area contributed by atoms with Crippen molar-refractivity contribution in [3.63, 3.8) is 0 Å². The smallest absolute Gasteiger partial charge is 0.335 e. The number of carboxylic acid groups (broad SMARTS) is 1. The molecule has 2 aromatic rings. The average molecular weight is 299 g/mol. The van der Waals surface area contributed by atoms with Crippen LogP contribution in [0.1, 0.15) is 15.9 Å². The zero-order chi connectivity index (χ0) is 15.9. The molecule has 0 bridgehead atoms. The van der Waals surface area contributed by atoms with Gasteiger partial charge in [0.2, 0.25) is 5.91 Å². The molecule has 0 aromatic heterocycles. The molecule has 0 saturated carbocycles. The van der Waals surface area contributed by atoms with E-state index >= 15 is 0 Å². The van der Waals surface area contributed by atoms with Crippen LogP contribution in [0.2, 0.25) is 0 Å². The van der Waals surface area contributed by atoms with E-state index in [1.807, 2.05) is 30.3 Å². The molecule has 22 heavy (non-hydrogen) atoms. The molecule has 1 atom stereocenters. The number of carbonyl (C=O) groups is 2. The van der Waals surface area contributed by atoms with Crippen LogP contribution in [0.15, 0.2) is 54.6 Å². The molecule has 1 amide bonds. The topological polar surface area (TPSA) is 104 Å². The van der Waals surface area contributed by atoms with Gasteiger partial charge in [-0.3, -0.25) is 10.6 Å². The third kappa shape index (κ3) is 4.15. The van der Waals surface area contributed by atoms with E-state index in [-0.39, 0.29) is 11.5 Å². The maximum atomic E-state index is 12.2. The van der Waals surface area contributed by atoms with Crippen molar-refractivity contribution in [3.8, 4) is 0 Å². The predicted octanol–water partition coefficient (Wildman–Crippen LogP) is 1.40. The largest absolute Gasteiger partial charge is 0.478 e. The van der Waals surface area contributed by atoms with E-state index in [0.717, 1.165) is 5.56 Å². The van der Waals surface area contributed by atoms with Gasteiger partial charge in [0.1, 0.15) is 6.04 Å². The highest BCUT2D eigenvalue weighted by atomic mass is 16.4. The third-order valence-corrected chi connectivity index (χ3v) is 3.20. The van der Waals surface area contributed by atoms with E-state index < -0.39 is 12.0 Å². The fraction of sp³-hybridized carbons (Fsp3) is 0.125. The van der Waals surface area contributed by atoms with Crippen LogP contribution in [0.5, 0.6) is 0 Å². The molecular formula is C16H17N3O3. The summed E-state index contributed by atoms with van der Waals surface area (Å²) in [5.74, 6) is 4.16. The minimum atomic E-state index is -1.01. The summed E-state index contributed by atoms with van der Waals surface area (Å²) in [4.78, 5) is 23.0. The molecule has 0 heterocycles. The van der Waals surface area contributed by atoms with Crippen LogP contribution in [0, 0.1) is 0 Å². The minimum absolute atomic E-state index is 0.163. The molecule has 0 aliphatic heterocycles. The Morgan fingerprint density at radius 2 is 1.68 bits per heavy atom. The first-order chi connectivity index (χ1) is 10.6. The van der Waals surface area contributed by atoms with E-state index in [0.29, 0.717) is 12.1 Å². The zero-order valence-corrected chi connectivity index (χ0v) is 11.8. The van der Waals surface area contributed by atoms with E-state index in [4.69, 9.17) is 10.9 Å². The third-order valence-electron chi connectivity index (χ3n) is 3.20. The lowest BCUT2D eigenvalue weighted by molar-refractivity contribution is -0.118. The molecule has 0 fully saturated rings. The number of aromatic carboxylic acids is 1. The molecule has 5 N–H and O–H groups in total. The number of hydrogen-bond donors (Lipinski definition) is 4. The second-order valence-corrected chi connectivity index (χ2v) is 4.78. The highest BCUT2D eigenvalue weighted by Gasteiger charge is 2.17. The fourth-order valence-corrected chi connectivity index (χ4v) is 2.00. The van der Waals surface area contributed by atoms with Crippen LogP contribution in [0.4, 0.5) is 5.69 Å². The summed E-state index contributed by atoms with van der Waals surface area (Å²) in [5.41, 5.74) is 4.16. The lowest BCUT2D eigenvalue weighted by atomic mass is 10.1. The number of hydrazine groups is 1. The average Bonchev–Trinajstić information content (AvgIpc) is 2.54. The Balaban J connectivity index is 2.01. The number of hydrogen-bond acceptors (Lipinski definition) is 4. The Bertz CT molecular complexity index is 641. The first-order valence-electron chi connectivity index (χ1n) is 6.74. The molecule has 1 unspecified atom stereocenters. The van der Waals surface area contributed by atoms with Crippen molar-refractivity contribution in [1.82, 2.24) is 5.43 Å². The monoisotopic (exact) mass is 299 g/mol. The summed E-state index contributed by atoms with van der Waals surface area (Å²) in [6.45, 7) is 0. The van der Waals surface area contributed by atoms with Crippen LogP contribution in [0.3, 0.4) is 0 Å². The van der Waals surface area contributed by atoms with Crippen LogP contribution < -0.4 is 16.6 Å². The Morgan fingerprint density at radius 3 is 2.23 bits per heavy atom. The predicted molar refractivity (Wildman–Crippen MR) is 83.3 cm³/mol. The van der Waals surface area contributed by atoms with E-state index in [9.17, 15) is 9.59 Å². The minimum Gasteiger partial charge on any atom is -0.478 e. The quantitative estimate of drug-likeness (QED) is 0.477. The standard InChI is InChI=1S/C16H17N3O3/c17-19-14(10-11-4-2-1-3-5-11)15(20)18-13-8-6-12(7-9-13)16(21)22/h1-9,14,19H,10,17H2,(H,18,20)(H,21,22). The van der Waals surface area contributed by atoms with Crippen LogP contribution in [-0.2, 0) is 11.2 Å². The maximum Gasteiger partial charge on any atom is 0.335 e. The van der Waals surface area contributed by atoms with Crippen LogP contribution in [0.25, 0.3) is 0 Å². The van der Waals surface area contributed by atoms with Crippen molar-refractivity contribution in [2.75, 3.05) is 5.32 Å². The Hall–Kier alpha value is -2.70. The molecule has 2 aromatic carbocycles. The summed E-state index contributed by atoms with van der Waals surface area (Å²) >= 11 is 0. The first-order valence-corrected chi connectivity index (χ1v) is 6.74. The van der Waals surface area contributed by atoms with Gasteiger partial charge in [0, 0.05) is 5.69 Å². The van der Waals surface area contributed by atoms with Crippen molar-refractivity contribution >= 4 is 17.6 Å². The van der Waals surface area contributed by atoms with Gasteiger partial charge in [-0.05, 0) is 36.2 Å². The molecule has 0 spiro atoms. The second kappa shape index (κ2) is 7.35. The zero-order valence-electron chi connectivity index (χ0n) is 11.8. The number of rotatable bonds is 6. The fourth-order valence-electron chi connectivity index (χ4n) is 2.00. The lowest BCUT2D eigenvalue weighted by Gasteiger charge is -2.16. The highest BCUT2D eigenvalue weighted by Crippen LogP contribution is 2.11. The lowest BCUT2D eigenvalue weighted by Crippen LogP contribution is -2.45. The molecular weight excluding hydrogens is 282 g/mol. The van der Waals surface area contributed by atoms with Gasteiger partial charge in [0.05, 0.1) is 5.56 Å². The van der Waals surface area contributed by atoms with Gasteiger partial charge < -0.3 is 10.4 Å². The first kappa shape index (κ1) is 15.7. The van der Waals surface area contributed by atoms with Gasteiger partial charge in [-0.25, -0.2) is 10.2 Å². The van der Waals surface area contributed by atoms with E-state index in [2.05, 4.69) is 10.7 Å². The van der Waals surface area contributed by atoms with Crippen molar-refractivity contribution in [2.24, 2.45) is 5.84 Å². The molecule has 6 heteroatoms. The van der Waals surface area contributed by atoms with Crippen molar-refractivity contribution in [3.05, 3.63) is 65.7 Å².